The van der Waals surface area contributed by atoms with Gasteiger partial charge >= 0.3 is 0 Å². The number of imidazole rings is 1. The Kier molecular flexibility index (Phi) is 4.32. The average molecular weight is 326 g/mol. The van der Waals surface area contributed by atoms with Crippen LogP contribution in [0.3, 0.4) is 0 Å². The van der Waals surface area contributed by atoms with Crippen LogP contribution in [0.5, 0.6) is 0 Å². The summed E-state index contributed by atoms with van der Waals surface area (Å²) >= 11 is 0. The number of hydrogen-bond acceptors (Lipinski definition) is 4. The Bertz CT molecular complexity index is 694. The molecule has 6 heteroatoms. The van der Waals surface area contributed by atoms with Crippen LogP contribution >= 0.6 is 0 Å². The lowest BCUT2D eigenvalue weighted by Gasteiger charge is -2.38. The molecule has 1 amide bonds. The molecule has 0 N–H and O–H groups in total. The number of morpholine rings is 1. The molecule has 24 heavy (non-hydrogen) atoms. The van der Waals surface area contributed by atoms with Crippen LogP contribution in [-0.4, -0.2) is 58.1 Å². The van der Waals surface area contributed by atoms with Crippen LogP contribution in [0.2, 0.25) is 0 Å². The molecule has 0 spiro atoms. The van der Waals surface area contributed by atoms with Crippen LogP contribution < -0.4 is 0 Å². The number of nitrogens with zero attached hydrogens (tertiary/aromatic N) is 4. The number of amides is 1. The summed E-state index contributed by atoms with van der Waals surface area (Å²) in [6, 6.07) is 9.83. The standard InChI is InChI=1S/C18H22N4O2/c23-18(21-10-12-24-13-11-21)17(15-4-2-1-3-5-15)22-9-8-20-7-6-19-16(20)14-22/h1-7,17H,8-14H2. The lowest BCUT2D eigenvalue weighted by molar-refractivity contribution is -0.142. The number of ether oxygens (including phenoxy) is 1. The van der Waals surface area contributed by atoms with Crippen molar-refractivity contribution in [2.75, 3.05) is 32.8 Å². The maximum atomic E-state index is 13.2. The Morgan fingerprint density at radius 2 is 1.88 bits per heavy atom. The summed E-state index contributed by atoms with van der Waals surface area (Å²) in [6.07, 6.45) is 3.84. The molecular formula is C18H22N4O2. The van der Waals surface area contributed by atoms with Crippen LogP contribution in [-0.2, 0) is 22.6 Å². The molecule has 0 aliphatic carbocycles. The van der Waals surface area contributed by atoms with Crippen molar-refractivity contribution in [2.45, 2.75) is 19.1 Å². The van der Waals surface area contributed by atoms with E-state index in [1.807, 2.05) is 47.6 Å². The molecule has 1 fully saturated rings. The zero-order valence-electron chi connectivity index (χ0n) is 13.7. The molecule has 2 aromatic rings. The van der Waals surface area contributed by atoms with Crippen LogP contribution in [0.25, 0.3) is 0 Å². The van der Waals surface area contributed by atoms with Gasteiger partial charge < -0.3 is 14.2 Å². The van der Waals surface area contributed by atoms with Crippen LogP contribution in [0.4, 0.5) is 0 Å². The fraction of sp³-hybridized carbons (Fsp3) is 0.444. The first kappa shape index (κ1) is 15.4. The Morgan fingerprint density at radius 1 is 1.08 bits per heavy atom. The van der Waals surface area contributed by atoms with Gasteiger partial charge in [-0.05, 0) is 5.56 Å². The second-order valence-corrected chi connectivity index (χ2v) is 6.26. The zero-order chi connectivity index (χ0) is 16.4. The molecule has 4 rings (SSSR count). The number of carbonyl (C=O) groups is 1. The van der Waals surface area contributed by atoms with E-state index in [9.17, 15) is 4.79 Å². The Hall–Kier alpha value is -2.18. The van der Waals surface area contributed by atoms with Crippen molar-refractivity contribution in [1.82, 2.24) is 19.4 Å². The Morgan fingerprint density at radius 3 is 2.67 bits per heavy atom. The first-order valence-electron chi connectivity index (χ1n) is 8.48. The second kappa shape index (κ2) is 6.75. The molecule has 1 saturated heterocycles. The predicted octanol–water partition coefficient (Wildman–Crippen LogP) is 1.30. The number of benzene rings is 1. The predicted molar refractivity (Wildman–Crippen MR) is 89.2 cm³/mol. The van der Waals surface area contributed by atoms with Gasteiger partial charge in [-0.3, -0.25) is 9.69 Å². The molecule has 0 bridgehead atoms. The van der Waals surface area contributed by atoms with Crippen LogP contribution in [0.1, 0.15) is 17.4 Å². The highest BCUT2D eigenvalue weighted by Crippen LogP contribution is 2.27. The van der Waals surface area contributed by atoms with E-state index in [4.69, 9.17) is 4.74 Å². The van der Waals surface area contributed by atoms with Crippen molar-refractivity contribution >= 4 is 5.91 Å². The minimum absolute atomic E-state index is 0.171. The number of aromatic nitrogens is 2. The molecule has 0 saturated carbocycles. The molecule has 2 aliphatic heterocycles. The molecule has 3 heterocycles. The van der Waals surface area contributed by atoms with Gasteiger partial charge in [-0.1, -0.05) is 30.3 Å². The fourth-order valence-electron chi connectivity index (χ4n) is 3.51. The molecule has 126 valence electrons. The van der Waals surface area contributed by atoms with Crippen molar-refractivity contribution < 1.29 is 9.53 Å². The van der Waals surface area contributed by atoms with E-state index >= 15 is 0 Å². The van der Waals surface area contributed by atoms with E-state index in [1.54, 1.807) is 0 Å². The van der Waals surface area contributed by atoms with Gasteiger partial charge in [-0.15, -0.1) is 0 Å². The lowest BCUT2D eigenvalue weighted by atomic mass is 10.0. The van der Waals surface area contributed by atoms with E-state index in [0.29, 0.717) is 32.8 Å². The van der Waals surface area contributed by atoms with Gasteiger partial charge in [0.15, 0.2) is 0 Å². The minimum atomic E-state index is -0.255. The highest BCUT2D eigenvalue weighted by Gasteiger charge is 2.34. The summed E-state index contributed by atoms with van der Waals surface area (Å²) < 4.78 is 7.56. The third kappa shape index (κ3) is 2.95. The summed E-state index contributed by atoms with van der Waals surface area (Å²) in [5, 5.41) is 0. The number of fused-ring (bicyclic) bond motifs is 1. The largest absolute Gasteiger partial charge is 0.378 e. The topological polar surface area (TPSA) is 50.6 Å². The molecule has 1 aromatic heterocycles. The minimum Gasteiger partial charge on any atom is -0.378 e. The van der Waals surface area contributed by atoms with E-state index in [-0.39, 0.29) is 11.9 Å². The fourth-order valence-corrected chi connectivity index (χ4v) is 3.51. The third-order valence-electron chi connectivity index (χ3n) is 4.81. The van der Waals surface area contributed by atoms with Gasteiger partial charge in [0.25, 0.3) is 0 Å². The zero-order valence-corrected chi connectivity index (χ0v) is 13.7. The van der Waals surface area contributed by atoms with Gasteiger partial charge in [-0.2, -0.15) is 0 Å². The van der Waals surface area contributed by atoms with Crippen LogP contribution in [0, 0.1) is 0 Å². The smallest absolute Gasteiger partial charge is 0.244 e. The lowest BCUT2D eigenvalue weighted by Crippen LogP contribution is -2.49. The van der Waals surface area contributed by atoms with Gasteiger partial charge in [0.1, 0.15) is 11.9 Å². The number of rotatable bonds is 3. The highest BCUT2D eigenvalue weighted by atomic mass is 16.5. The molecule has 1 aromatic carbocycles. The SMILES string of the molecule is O=C(C(c1ccccc1)N1CCn2ccnc2C1)N1CCOCC1. The van der Waals surface area contributed by atoms with Gasteiger partial charge in [0, 0.05) is 38.6 Å². The summed E-state index contributed by atoms with van der Waals surface area (Å²) in [5.41, 5.74) is 1.05. The van der Waals surface area contributed by atoms with Gasteiger partial charge in [-0.25, -0.2) is 4.98 Å². The van der Waals surface area contributed by atoms with Crippen molar-refractivity contribution in [2.24, 2.45) is 0 Å². The summed E-state index contributed by atoms with van der Waals surface area (Å²) in [7, 11) is 0. The molecule has 2 aliphatic rings. The van der Waals surface area contributed by atoms with E-state index in [2.05, 4.69) is 14.5 Å². The number of hydrogen-bond donors (Lipinski definition) is 0. The maximum absolute atomic E-state index is 13.2. The molecule has 6 nitrogen and oxygen atoms in total. The first-order valence-corrected chi connectivity index (χ1v) is 8.48. The van der Waals surface area contributed by atoms with Gasteiger partial charge in [0.05, 0.1) is 19.8 Å². The molecule has 1 unspecified atom stereocenters. The van der Waals surface area contributed by atoms with Crippen molar-refractivity contribution in [3.8, 4) is 0 Å². The maximum Gasteiger partial charge on any atom is 0.244 e. The number of carbonyl (C=O) groups excluding carboxylic acids is 1. The van der Waals surface area contributed by atoms with Crippen LogP contribution in [0.15, 0.2) is 42.7 Å². The normalized spacial score (nSPS) is 19.8. The van der Waals surface area contributed by atoms with Crippen molar-refractivity contribution in [3.63, 3.8) is 0 Å². The first-order chi connectivity index (χ1) is 11.8. The van der Waals surface area contributed by atoms with Crippen molar-refractivity contribution in [3.05, 3.63) is 54.1 Å². The molecule has 1 atom stereocenters. The van der Waals surface area contributed by atoms with E-state index in [1.165, 1.54) is 0 Å². The Labute approximate surface area is 141 Å². The Balaban J connectivity index is 1.62. The van der Waals surface area contributed by atoms with E-state index in [0.717, 1.165) is 24.5 Å². The quantitative estimate of drug-likeness (QED) is 0.853. The third-order valence-corrected chi connectivity index (χ3v) is 4.81. The average Bonchev–Trinajstić information content (AvgIpc) is 3.11. The molecular weight excluding hydrogens is 304 g/mol. The summed E-state index contributed by atoms with van der Waals surface area (Å²) in [5.74, 6) is 1.20. The molecule has 0 radical (unpaired) electrons. The van der Waals surface area contributed by atoms with E-state index < -0.39 is 0 Å². The second-order valence-electron chi connectivity index (χ2n) is 6.26. The van der Waals surface area contributed by atoms with Crippen molar-refractivity contribution in [1.29, 1.82) is 0 Å². The monoisotopic (exact) mass is 326 g/mol. The van der Waals surface area contributed by atoms with Gasteiger partial charge in [0.2, 0.25) is 5.91 Å². The highest BCUT2D eigenvalue weighted by molar-refractivity contribution is 5.83. The summed E-state index contributed by atoms with van der Waals surface area (Å²) in [6.45, 7) is 5.00. The summed E-state index contributed by atoms with van der Waals surface area (Å²) in [4.78, 5) is 21.9.